The van der Waals surface area contributed by atoms with Crippen molar-refractivity contribution in [2.24, 2.45) is 0 Å². The first-order valence-corrected chi connectivity index (χ1v) is 37.7. The van der Waals surface area contributed by atoms with Crippen LogP contribution in [0.4, 0.5) is 47.7 Å². The first kappa shape index (κ1) is 73.7. The molecule has 6 aliphatic rings. The van der Waals surface area contributed by atoms with Crippen LogP contribution in [0.15, 0.2) is 146 Å². The number of amides is 3. The molecule has 6 N–H and O–H groups in total. The number of fused-ring (bicyclic) bond motifs is 6. The summed E-state index contributed by atoms with van der Waals surface area (Å²) in [5, 5.41) is 19.1. The molecule has 3 fully saturated rings. The zero-order valence-electron chi connectivity index (χ0n) is 62.8. The third-order valence-corrected chi connectivity index (χ3v) is 21.6. The SMILES string of the molecule is CCN(C)Cc1nc(Nc2ccc(-c3cnc4cc(F)ccn34)c3c2C(=O)NC3)ccc1[C@@H]1CCOC1.CN(C)CCc1nc(Nc2ccc(-c3cnc4cc(F)ccn34)c3c2C(=O)NC3)ccc1[C@@H]1CCOC1.CN(C)CCc1nc(Nc2ccc(-c3cnc4cc(F)ccn34)c3c2C(=O)NC3)ccc1[C@H]1CCOC1. The Kier molecular flexibility index (Phi) is 21.1. The van der Waals surface area contributed by atoms with Gasteiger partial charge in [0.15, 0.2) is 0 Å². The van der Waals surface area contributed by atoms with Crippen LogP contribution in [0.1, 0.15) is 125 Å². The van der Waals surface area contributed by atoms with E-state index in [1.807, 2.05) is 67.8 Å². The molecule has 3 saturated heterocycles. The van der Waals surface area contributed by atoms with Gasteiger partial charge in [0.1, 0.15) is 51.8 Å². The maximum absolute atomic E-state index is 13.7. The fourth-order valence-corrected chi connectivity index (χ4v) is 15.7. The van der Waals surface area contributed by atoms with Crippen LogP contribution < -0.4 is 31.9 Å². The molecule has 15 heterocycles. The predicted molar refractivity (Wildman–Crippen MR) is 419 cm³/mol. The second-order valence-corrected chi connectivity index (χ2v) is 29.4. The maximum atomic E-state index is 13.7. The Hall–Kier alpha value is -11.5. The van der Waals surface area contributed by atoms with Crippen molar-refractivity contribution in [1.29, 1.82) is 0 Å². The Morgan fingerprint density at radius 3 is 1.10 bits per heavy atom. The van der Waals surface area contributed by atoms with E-state index in [1.54, 1.807) is 37.2 Å². The van der Waals surface area contributed by atoms with Gasteiger partial charge in [0, 0.05) is 155 Å². The molecule has 3 atom stereocenters. The van der Waals surface area contributed by atoms with E-state index in [-0.39, 0.29) is 35.2 Å². The lowest BCUT2D eigenvalue weighted by Crippen LogP contribution is -2.20. The summed E-state index contributed by atoms with van der Waals surface area (Å²) in [4.78, 5) is 73.3. The second-order valence-electron chi connectivity index (χ2n) is 29.4. The Morgan fingerprint density at radius 2 is 0.784 bits per heavy atom. The van der Waals surface area contributed by atoms with Gasteiger partial charge < -0.3 is 60.8 Å². The zero-order valence-corrected chi connectivity index (χ0v) is 62.8. The minimum absolute atomic E-state index is 0.133. The third-order valence-electron chi connectivity index (χ3n) is 21.6. The van der Waals surface area contributed by atoms with Gasteiger partial charge in [-0.3, -0.25) is 27.6 Å². The molecule has 570 valence electrons. The number of carbonyl (C=O) groups is 3. The molecule has 0 radical (unpaired) electrons. The number of ether oxygens (including phenoxy) is 3. The summed E-state index contributed by atoms with van der Waals surface area (Å²) < 4.78 is 63.4. The van der Waals surface area contributed by atoms with E-state index in [1.165, 1.54) is 53.1 Å². The van der Waals surface area contributed by atoms with E-state index in [2.05, 4.69) is 122 Å². The highest BCUT2D eigenvalue weighted by Gasteiger charge is 2.33. The van der Waals surface area contributed by atoms with E-state index >= 15 is 0 Å². The van der Waals surface area contributed by atoms with Gasteiger partial charge in [-0.25, -0.2) is 43.1 Å². The second kappa shape index (κ2) is 31.9. The first-order chi connectivity index (χ1) is 54.0. The molecular weight excluding hydrogens is 1410 g/mol. The molecular formula is C84H87F3N18O6. The summed E-state index contributed by atoms with van der Waals surface area (Å²) in [6.07, 6.45) is 14.8. The molecule has 0 spiro atoms. The van der Waals surface area contributed by atoms with Crippen LogP contribution in [0, 0.1) is 17.5 Å². The van der Waals surface area contributed by atoms with Gasteiger partial charge in [0.05, 0.1) is 94.9 Å². The molecule has 111 heavy (non-hydrogen) atoms. The molecule has 6 aliphatic heterocycles. The Morgan fingerprint density at radius 1 is 0.450 bits per heavy atom. The molecule has 24 nitrogen and oxygen atoms in total. The topological polar surface area (TPSA) is 251 Å². The molecule has 27 heteroatoms. The van der Waals surface area contributed by atoms with Crippen LogP contribution in [-0.4, -0.2) is 170 Å². The van der Waals surface area contributed by atoms with Gasteiger partial charge >= 0.3 is 0 Å². The number of hydrogen-bond donors (Lipinski definition) is 6. The fraction of sp³-hybridized carbons (Fsp3) is 0.321. The monoisotopic (exact) mass is 1500 g/mol. The lowest BCUT2D eigenvalue weighted by molar-refractivity contribution is 0.0958. The summed E-state index contributed by atoms with van der Waals surface area (Å²) in [6, 6.07) is 32.4. The molecule has 0 saturated carbocycles. The summed E-state index contributed by atoms with van der Waals surface area (Å²) in [5.74, 6) is 1.78. The van der Waals surface area contributed by atoms with Gasteiger partial charge in [0.2, 0.25) is 0 Å². The van der Waals surface area contributed by atoms with Crippen molar-refractivity contribution in [2.75, 3.05) is 110 Å². The predicted octanol–water partition coefficient (Wildman–Crippen LogP) is 12.7. The normalized spacial score (nSPS) is 17.0. The summed E-state index contributed by atoms with van der Waals surface area (Å²) in [5.41, 5.74) is 20.0. The Balaban J connectivity index is 0.000000126. The van der Waals surface area contributed by atoms with Gasteiger partial charge in [-0.15, -0.1) is 0 Å². The molecule has 0 aliphatic carbocycles. The van der Waals surface area contributed by atoms with Crippen LogP contribution in [0.25, 0.3) is 50.7 Å². The van der Waals surface area contributed by atoms with E-state index < -0.39 is 0 Å². The molecule has 0 bridgehead atoms. The number of benzene rings is 3. The number of rotatable bonds is 21. The third kappa shape index (κ3) is 15.4. The van der Waals surface area contributed by atoms with Crippen LogP contribution in [0.3, 0.4) is 0 Å². The van der Waals surface area contributed by atoms with Gasteiger partial charge in [-0.05, 0) is 149 Å². The van der Waals surface area contributed by atoms with Gasteiger partial charge in [0.25, 0.3) is 17.7 Å². The van der Waals surface area contributed by atoms with Crippen molar-refractivity contribution in [3.63, 3.8) is 0 Å². The highest BCUT2D eigenvalue weighted by atomic mass is 19.1. The van der Waals surface area contributed by atoms with Crippen molar-refractivity contribution in [3.05, 3.63) is 231 Å². The lowest BCUT2D eigenvalue weighted by atomic mass is 9.95. The molecule has 3 aromatic carbocycles. The van der Waals surface area contributed by atoms with E-state index in [0.717, 1.165) is 165 Å². The average molecular weight is 1500 g/mol. The number of nitrogens with one attached hydrogen (secondary N) is 6. The van der Waals surface area contributed by atoms with Crippen LogP contribution >= 0.6 is 0 Å². The maximum Gasteiger partial charge on any atom is 0.254 e. The van der Waals surface area contributed by atoms with Crippen molar-refractivity contribution in [1.82, 2.24) is 73.8 Å². The largest absolute Gasteiger partial charge is 0.381 e. The standard InChI is InChI=1S/3C28H29FN6O2/c2*1-34(2)10-8-22-19(17-9-12-37-16-17)4-6-25(32-22)33-23-5-3-20(21-14-31-28(36)27(21)23)24-15-30-26-13-18(29)7-11-35(24)26;1-3-34(2)15-23-19(17-9-11-37-16-17)5-7-25(33-23)32-22-6-4-20(21-13-31-28(36)27(21)22)24-14-30-26-12-18(29)8-10-35(24)26/h2*3-7,11,13,15,17H,8-10,12,14,16H2,1-2H3,(H,31,36)(H,32,33);4-8,10,12,14,17H,3,9,11,13,15-16H2,1-2H3,(H,31,36)(H,32,33)/t3*17-/m101/s1. The number of halogens is 3. The highest BCUT2D eigenvalue weighted by Crippen LogP contribution is 2.41. The smallest absolute Gasteiger partial charge is 0.254 e. The molecule has 18 rings (SSSR count). The van der Waals surface area contributed by atoms with Crippen molar-refractivity contribution >= 4 is 69.2 Å². The minimum Gasteiger partial charge on any atom is -0.381 e. The number of pyridine rings is 6. The van der Waals surface area contributed by atoms with E-state index in [4.69, 9.17) is 29.2 Å². The number of imidazole rings is 3. The van der Waals surface area contributed by atoms with Crippen molar-refractivity contribution in [2.45, 2.75) is 83.0 Å². The van der Waals surface area contributed by atoms with Crippen molar-refractivity contribution in [3.8, 4) is 33.8 Å². The number of likely N-dealkylation sites (N-methyl/N-ethyl adjacent to an activating group) is 2. The molecule has 12 aromatic rings. The molecule has 0 unspecified atom stereocenters. The van der Waals surface area contributed by atoms with Gasteiger partial charge in [-0.1, -0.05) is 43.3 Å². The molecule has 9 aromatic heterocycles. The summed E-state index contributed by atoms with van der Waals surface area (Å²) in [6.45, 7) is 11.4. The number of hydrogen-bond acceptors (Lipinski definition) is 18. The fourth-order valence-electron chi connectivity index (χ4n) is 15.7. The van der Waals surface area contributed by atoms with Gasteiger partial charge in [-0.2, -0.15) is 0 Å². The number of nitrogens with zero attached hydrogens (tertiary/aromatic N) is 12. The van der Waals surface area contributed by atoms with E-state index in [0.29, 0.717) is 106 Å². The van der Waals surface area contributed by atoms with Crippen LogP contribution in [0.2, 0.25) is 0 Å². The highest BCUT2D eigenvalue weighted by molar-refractivity contribution is 6.08. The minimum atomic E-state index is -0.338. The van der Waals surface area contributed by atoms with Crippen molar-refractivity contribution < 1.29 is 41.8 Å². The van der Waals surface area contributed by atoms with Crippen LogP contribution in [-0.2, 0) is 53.2 Å². The average Bonchev–Trinajstić information content (AvgIpc) is 1.70. The zero-order chi connectivity index (χ0) is 76.6. The molecule has 3 amide bonds. The van der Waals surface area contributed by atoms with E-state index in [9.17, 15) is 27.6 Å². The number of anilines is 6. The summed E-state index contributed by atoms with van der Waals surface area (Å²) >= 11 is 0. The Labute approximate surface area is 639 Å². The first-order valence-electron chi connectivity index (χ1n) is 37.7. The van der Waals surface area contributed by atoms with Crippen LogP contribution in [0.5, 0.6) is 0 Å². The lowest BCUT2D eigenvalue weighted by Gasteiger charge is -2.20. The Bertz CT molecular complexity index is 5320. The quantitative estimate of drug-likeness (QED) is 0.0391. The number of carbonyl (C=O) groups excluding carboxylic acids is 3. The summed E-state index contributed by atoms with van der Waals surface area (Å²) in [7, 11) is 10.3. The number of aromatic nitrogens is 9.